The van der Waals surface area contributed by atoms with Crippen molar-refractivity contribution in [2.45, 2.75) is 6.04 Å². The van der Waals surface area contributed by atoms with Crippen LogP contribution in [0.1, 0.15) is 0 Å². The van der Waals surface area contributed by atoms with Crippen molar-refractivity contribution in [3.63, 3.8) is 0 Å². The highest BCUT2D eigenvalue weighted by Gasteiger charge is 2.16. The van der Waals surface area contributed by atoms with E-state index >= 15 is 0 Å². The van der Waals surface area contributed by atoms with Crippen molar-refractivity contribution in [3.8, 4) is 0 Å². The molecule has 1 N–H and O–H groups in total. The number of hydrogen-bond donors (Lipinski definition) is 1. The van der Waals surface area contributed by atoms with Crippen molar-refractivity contribution in [2.24, 2.45) is 0 Å². The molecule has 2 rings (SSSR count). The summed E-state index contributed by atoms with van der Waals surface area (Å²) in [4.78, 5) is 10.8. The van der Waals surface area contributed by atoms with Crippen molar-refractivity contribution >= 4 is 5.78 Å². The summed E-state index contributed by atoms with van der Waals surface area (Å²) in [6, 6.07) is 0.248. The van der Waals surface area contributed by atoms with Gasteiger partial charge in [-0.05, 0) is 30.0 Å². The average Bonchev–Trinajstić information content (AvgIpc) is 2.33. The van der Waals surface area contributed by atoms with Gasteiger partial charge in [-0.2, -0.15) is 0 Å². The molecule has 0 radical (unpaired) electrons. The van der Waals surface area contributed by atoms with Crippen LogP contribution in [0.5, 0.6) is 0 Å². The van der Waals surface area contributed by atoms with E-state index in [4.69, 9.17) is 0 Å². The highest BCUT2D eigenvalue weighted by atomic mass is 16.1. The molecule has 0 saturated heterocycles. The lowest BCUT2D eigenvalue weighted by Crippen LogP contribution is -2.21. The number of nitrogens with one attached hydrogen (secondary N) is 1. The van der Waals surface area contributed by atoms with Crippen molar-refractivity contribution < 1.29 is 4.79 Å². The van der Waals surface area contributed by atoms with E-state index < -0.39 is 0 Å². The van der Waals surface area contributed by atoms with Crippen LogP contribution in [-0.2, 0) is 4.79 Å². The van der Waals surface area contributed by atoms with E-state index in [9.17, 15) is 4.79 Å². The highest BCUT2D eigenvalue weighted by molar-refractivity contribution is 6.01. The van der Waals surface area contributed by atoms with Gasteiger partial charge in [0.25, 0.3) is 0 Å². The fourth-order valence-corrected chi connectivity index (χ4v) is 1.16. The molecule has 0 spiro atoms. The molecule has 50 valence electrons. The summed E-state index contributed by atoms with van der Waals surface area (Å²) in [6.45, 7) is 0. The first kappa shape index (κ1) is 5.47. The maximum atomic E-state index is 10.8. The number of fused-ring (bicyclic) bond motifs is 1. The summed E-state index contributed by atoms with van der Waals surface area (Å²) in [5.41, 5.74) is 1.06. The van der Waals surface area contributed by atoms with Gasteiger partial charge >= 0.3 is 0 Å². The Morgan fingerprint density at radius 2 is 2.30 bits per heavy atom. The zero-order chi connectivity index (χ0) is 6.97. The summed E-state index contributed by atoms with van der Waals surface area (Å²) in [7, 11) is 0. The lowest BCUT2D eigenvalue weighted by molar-refractivity contribution is -0.110. The standard InChI is InChI=1S/C8H7NO/c10-7-1-2-8-6(5-7)3-4-9-8/h1-5,8-9H/t8-/m0/s1. The molecule has 0 unspecified atom stereocenters. The topological polar surface area (TPSA) is 29.1 Å². The van der Waals surface area contributed by atoms with Crippen LogP contribution in [0.2, 0.25) is 0 Å². The third kappa shape index (κ3) is 0.692. The minimum absolute atomic E-state index is 0.0830. The highest BCUT2D eigenvalue weighted by Crippen LogP contribution is 2.15. The van der Waals surface area contributed by atoms with Gasteiger partial charge in [0.15, 0.2) is 5.78 Å². The van der Waals surface area contributed by atoms with Gasteiger partial charge in [0.05, 0.1) is 6.04 Å². The summed E-state index contributed by atoms with van der Waals surface area (Å²) < 4.78 is 0. The molecule has 1 atom stereocenters. The Hall–Kier alpha value is -1.31. The second kappa shape index (κ2) is 1.84. The van der Waals surface area contributed by atoms with E-state index in [1.807, 2.05) is 18.4 Å². The average molecular weight is 133 g/mol. The van der Waals surface area contributed by atoms with Crippen LogP contribution in [0.3, 0.4) is 0 Å². The summed E-state index contributed by atoms with van der Waals surface area (Å²) >= 11 is 0. The number of rotatable bonds is 0. The number of carbonyl (C=O) groups excluding carboxylic acids is 1. The Balaban J connectivity index is 2.37. The molecule has 0 fully saturated rings. The first-order valence-electron chi connectivity index (χ1n) is 3.22. The van der Waals surface area contributed by atoms with E-state index in [1.54, 1.807) is 12.2 Å². The first-order chi connectivity index (χ1) is 4.86. The van der Waals surface area contributed by atoms with Crippen LogP contribution in [0.15, 0.2) is 36.1 Å². The molecule has 0 amide bonds. The molecule has 2 heteroatoms. The van der Waals surface area contributed by atoms with Crippen molar-refractivity contribution in [1.82, 2.24) is 5.32 Å². The Kier molecular flexibility index (Phi) is 1.01. The predicted molar refractivity (Wildman–Crippen MR) is 38.3 cm³/mol. The quantitative estimate of drug-likeness (QED) is 0.522. The molecule has 0 bridgehead atoms. The van der Waals surface area contributed by atoms with Crippen molar-refractivity contribution in [3.05, 3.63) is 36.1 Å². The van der Waals surface area contributed by atoms with Gasteiger partial charge in [-0.25, -0.2) is 0 Å². The van der Waals surface area contributed by atoms with Crippen LogP contribution in [0.4, 0.5) is 0 Å². The van der Waals surface area contributed by atoms with Gasteiger partial charge in [-0.15, -0.1) is 0 Å². The predicted octanol–water partition coefficient (Wildman–Crippen LogP) is 0.537. The Labute approximate surface area is 58.9 Å². The normalized spacial score (nSPS) is 27.8. The van der Waals surface area contributed by atoms with Crippen LogP contribution in [0, 0.1) is 0 Å². The number of allylic oxidation sites excluding steroid dienone is 2. The SMILES string of the molecule is O=C1C=C[C@@H]2NC=CC2=C1. The minimum atomic E-state index is 0.0830. The number of carbonyl (C=O) groups is 1. The number of ketones is 1. The Morgan fingerprint density at radius 3 is 3.20 bits per heavy atom. The molecular weight excluding hydrogens is 126 g/mol. The van der Waals surface area contributed by atoms with Crippen LogP contribution in [0.25, 0.3) is 0 Å². The van der Waals surface area contributed by atoms with Crippen LogP contribution < -0.4 is 5.32 Å². The molecule has 0 aromatic heterocycles. The molecule has 2 nitrogen and oxygen atoms in total. The fraction of sp³-hybridized carbons (Fsp3) is 0.125. The summed E-state index contributed by atoms with van der Waals surface area (Å²) in [5, 5.41) is 3.09. The van der Waals surface area contributed by atoms with Crippen LogP contribution >= 0.6 is 0 Å². The molecule has 1 aliphatic heterocycles. The van der Waals surface area contributed by atoms with Gasteiger partial charge < -0.3 is 5.32 Å². The molecule has 0 aromatic carbocycles. The molecule has 10 heavy (non-hydrogen) atoms. The van der Waals surface area contributed by atoms with Crippen molar-refractivity contribution in [1.29, 1.82) is 0 Å². The van der Waals surface area contributed by atoms with Crippen molar-refractivity contribution in [2.75, 3.05) is 0 Å². The van der Waals surface area contributed by atoms with Gasteiger partial charge in [0.2, 0.25) is 0 Å². The molecule has 0 aromatic rings. The summed E-state index contributed by atoms with van der Waals surface area (Å²) in [6.07, 6.45) is 8.90. The second-order valence-electron chi connectivity index (χ2n) is 2.38. The zero-order valence-corrected chi connectivity index (χ0v) is 5.37. The van der Waals surface area contributed by atoms with E-state index in [0.717, 1.165) is 5.57 Å². The third-order valence-electron chi connectivity index (χ3n) is 1.67. The van der Waals surface area contributed by atoms with E-state index in [0.29, 0.717) is 0 Å². The van der Waals surface area contributed by atoms with Crippen LogP contribution in [-0.4, -0.2) is 11.8 Å². The number of hydrogen-bond acceptors (Lipinski definition) is 2. The second-order valence-corrected chi connectivity index (χ2v) is 2.38. The Morgan fingerprint density at radius 1 is 1.40 bits per heavy atom. The fourth-order valence-electron chi connectivity index (χ4n) is 1.16. The molecule has 1 aliphatic carbocycles. The maximum Gasteiger partial charge on any atom is 0.178 e. The van der Waals surface area contributed by atoms with E-state index in [-0.39, 0.29) is 11.8 Å². The lowest BCUT2D eigenvalue weighted by Gasteiger charge is -2.09. The van der Waals surface area contributed by atoms with Gasteiger partial charge in [-0.3, -0.25) is 4.79 Å². The van der Waals surface area contributed by atoms with Gasteiger partial charge in [0.1, 0.15) is 0 Å². The van der Waals surface area contributed by atoms with E-state index in [1.165, 1.54) is 0 Å². The first-order valence-corrected chi connectivity index (χ1v) is 3.22. The zero-order valence-electron chi connectivity index (χ0n) is 5.37. The minimum Gasteiger partial charge on any atom is -0.381 e. The molecule has 1 heterocycles. The lowest BCUT2D eigenvalue weighted by atomic mass is 10.0. The van der Waals surface area contributed by atoms with Gasteiger partial charge in [0, 0.05) is 0 Å². The molecular formula is C8H7NO. The third-order valence-corrected chi connectivity index (χ3v) is 1.67. The Bertz CT molecular complexity index is 260. The molecule has 2 aliphatic rings. The maximum absolute atomic E-state index is 10.8. The molecule has 0 saturated carbocycles. The monoisotopic (exact) mass is 133 g/mol. The van der Waals surface area contributed by atoms with E-state index in [2.05, 4.69) is 5.32 Å². The largest absolute Gasteiger partial charge is 0.381 e. The smallest absolute Gasteiger partial charge is 0.178 e. The summed E-state index contributed by atoms with van der Waals surface area (Å²) in [5.74, 6) is 0.0830. The van der Waals surface area contributed by atoms with Gasteiger partial charge in [-0.1, -0.05) is 6.08 Å².